The highest BCUT2D eigenvalue weighted by Crippen LogP contribution is 2.56. The Labute approximate surface area is 90.0 Å². The molecule has 0 radical (unpaired) electrons. The normalized spacial score (nSPS) is 30.1. The fourth-order valence-electron chi connectivity index (χ4n) is 2.12. The molecular formula is C12H15ClO. The maximum Gasteiger partial charge on any atom is 0.122 e. The van der Waals surface area contributed by atoms with Crippen molar-refractivity contribution in [2.24, 2.45) is 5.92 Å². The van der Waals surface area contributed by atoms with Crippen molar-refractivity contribution in [2.45, 2.75) is 18.8 Å². The van der Waals surface area contributed by atoms with Gasteiger partial charge in [-0.25, -0.2) is 0 Å². The largest absolute Gasteiger partial charge is 0.496 e. The number of benzene rings is 1. The first-order valence-corrected chi connectivity index (χ1v) is 5.45. The van der Waals surface area contributed by atoms with Gasteiger partial charge in [0.25, 0.3) is 0 Å². The highest BCUT2D eigenvalue weighted by atomic mass is 35.5. The van der Waals surface area contributed by atoms with Crippen molar-refractivity contribution in [3.05, 3.63) is 29.8 Å². The third-order valence-corrected chi connectivity index (χ3v) is 3.69. The van der Waals surface area contributed by atoms with Crippen LogP contribution in [0.15, 0.2) is 24.3 Å². The molecule has 1 aromatic rings. The summed E-state index contributed by atoms with van der Waals surface area (Å²) in [5.41, 5.74) is 1.54. The van der Waals surface area contributed by atoms with Crippen LogP contribution in [0.25, 0.3) is 0 Å². The van der Waals surface area contributed by atoms with E-state index in [1.807, 2.05) is 12.1 Å². The van der Waals surface area contributed by atoms with Crippen molar-refractivity contribution in [3.63, 3.8) is 0 Å². The summed E-state index contributed by atoms with van der Waals surface area (Å²) in [5.74, 6) is 2.34. The average molecular weight is 211 g/mol. The van der Waals surface area contributed by atoms with Crippen molar-refractivity contribution < 1.29 is 4.74 Å². The number of hydrogen-bond donors (Lipinski definition) is 0. The van der Waals surface area contributed by atoms with Crippen LogP contribution in [0.2, 0.25) is 0 Å². The summed E-state index contributed by atoms with van der Waals surface area (Å²) < 4.78 is 5.36. The van der Waals surface area contributed by atoms with Gasteiger partial charge in [-0.3, -0.25) is 0 Å². The third kappa shape index (κ3) is 1.40. The van der Waals surface area contributed by atoms with Crippen LogP contribution in [0.1, 0.15) is 18.9 Å². The maximum atomic E-state index is 5.89. The second-order valence-corrected chi connectivity index (χ2v) is 4.48. The van der Waals surface area contributed by atoms with Gasteiger partial charge in [-0.2, -0.15) is 0 Å². The summed E-state index contributed by atoms with van der Waals surface area (Å²) in [6.45, 7) is 2.26. The zero-order chi connectivity index (χ0) is 10.2. The van der Waals surface area contributed by atoms with Crippen LogP contribution in [-0.4, -0.2) is 13.0 Å². The average Bonchev–Trinajstić information content (AvgIpc) is 2.91. The Morgan fingerprint density at radius 3 is 2.79 bits per heavy atom. The minimum atomic E-state index is 0.244. The van der Waals surface area contributed by atoms with E-state index in [0.717, 1.165) is 11.6 Å². The Hall–Kier alpha value is -0.690. The zero-order valence-corrected chi connectivity index (χ0v) is 9.34. The van der Waals surface area contributed by atoms with Gasteiger partial charge in [0.15, 0.2) is 0 Å². The molecule has 2 unspecified atom stereocenters. The van der Waals surface area contributed by atoms with E-state index < -0.39 is 0 Å². The lowest BCUT2D eigenvalue weighted by Crippen LogP contribution is -2.07. The molecule has 0 bridgehead atoms. The Bertz CT molecular complexity index is 337. The van der Waals surface area contributed by atoms with Gasteiger partial charge in [-0.1, -0.05) is 25.1 Å². The molecule has 0 aliphatic heterocycles. The summed E-state index contributed by atoms with van der Waals surface area (Å²) in [5, 5.41) is 0. The predicted octanol–water partition coefficient (Wildman–Crippen LogP) is 3.21. The van der Waals surface area contributed by atoms with Crippen LogP contribution in [0, 0.1) is 5.92 Å². The number of ether oxygens (including phenoxy) is 1. The van der Waals surface area contributed by atoms with Crippen molar-refractivity contribution in [1.82, 2.24) is 0 Å². The van der Waals surface area contributed by atoms with Crippen LogP contribution in [0.3, 0.4) is 0 Å². The summed E-state index contributed by atoms with van der Waals surface area (Å²) in [7, 11) is 1.72. The summed E-state index contributed by atoms with van der Waals surface area (Å²) in [4.78, 5) is 0. The van der Waals surface area contributed by atoms with Crippen LogP contribution in [0.5, 0.6) is 5.75 Å². The van der Waals surface area contributed by atoms with E-state index in [9.17, 15) is 0 Å². The van der Waals surface area contributed by atoms with Gasteiger partial charge in [-0.05, 0) is 18.4 Å². The van der Waals surface area contributed by atoms with Crippen LogP contribution < -0.4 is 4.74 Å². The van der Waals surface area contributed by atoms with E-state index in [2.05, 4.69) is 19.1 Å². The fraction of sp³-hybridized carbons (Fsp3) is 0.500. The number of hydrogen-bond acceptors (Lipinski definition) is 1. The Morgan fingerprint density at radius 1 is 1.50 bits per heavy atom. The molecule has 1 aliphatic carbocycles. The summed E-state index contributed by atoms with van der Waals surface area (Å²) in [6, 6.07) is 8.23. The van der Waals surface area contributed by atoms with Gasteiger partial charge in [0.05, 0.1) is 7.11 Å². The molecule has 0 heterocycles. The first-order valence-electron chi connectivity index (χ1n) is 4.92. The van der Waals surface area contributed by atoms with Gasteiger partial charge in [0.1, 0.15) is 5.75 Å². The first-order chi connectivity index (χ1) is 6.72. The van der Waals surface area contributed by atoms with Crippen molar-refractivity contribution in [2.75, 3.05) is 13.0 Å². The molecule has 0 aromatic heterocycles. The molecule has 0 amide bonds. The lowest BCUT2D eigenvalue weighted by molar-refractivity contribution is 0.404. The van der Waals surface area contributed by atoms with Gasteiger partial charge in [-0.15, -0.1) is 11.6 Å². The van der Waals surface area contributed by atoms with Crippen molar-refractivity contribution >= 4 is 11.6 Å². The van der Waals surface area contributed by atoms with Gasteiger partial charge in [0.2, 0.25) is 0 Å². The van der Waals surface area contributed by atoms with Crippen LogP contribution in [0.4, 0.5) is 0 Å². The third-order valence-electron chi connectivity index (χ3n) is 3.32. The molecule has 76 valence electrons. The Kier molecular flexibility index (Phi) is 2.44. The number of para-hydroxylation sites is 1. The summed E-state index contributed by atoms with van der Waals surface area (Å²) >= 11 is 5.89. The van der Waals surface area contributed by atoms with Crippen molar-refractivity contribution in [3.8, 4) is 5.75 Å². The fourth-order valence-corrected chi connectivity index (χ4v) is 2.57. The van der Waals surface area contributed by atoms with Crippen LogP contribution >= 0.6 is 11.6 Å². The van der Waals surface area contributed by atoms with E-state index in [-0.39, 0.29) is 5.41 Å². The highest BCUT2D eigenvalue weighted by Gasteiger charge is 2.51. The monoisotopic (exact) mass is 210 g/mol. The lowest BCUT2D eigenvalue weighted by atomic mass is 9.95. The SMILES string of the molecule is COc1ccccc1C1(C)CC1CCl. The van der Waals surface area contributed by atoms with Gasteiger partial charge >= 0.3 is 0 Å². The number of halogens is 1. The zero-order valence-electron chi connectivity index (χ0n) is 8.59. The van der Waals surface area contributed by atoms with E-state index in [4.69, 9.17) is 16.3 Å². The second-order valence-electron chi connectivity index (χ2n) is 4.17. The Morgan fingerprint density at radius 2 is 2.21 bits per heavy atom. The summed E-state index contributed by atoms with van der Waals surface area (Å²) in [6.07, 6.45) is 1.18. The molecule has 14 heavy (non-hydrogen) atoms. The van der Waals surface area contributed by atoms with E-state index in [1.165, 1.54) is 12.0 Å². The molecule has 1 saturated carbocycles. The van der Waals surface area contributed by atoms with Gasteiger partial charge < -0.3 is 4.74 Å². The molecule has 0 saturated heterocycles. The Balaban J connectivity index is 2.33. The second kappa shape index (κ2) is 3.47. The van der Waals surface area contributed by atoms with Gasteiger partial charge in [0, 0.05) is 16.9 Å². The topological polar surface area (TPSA) is 9.23 Å². The molecule has 2 heteroatoms. The molecule has 2 rings (SSSR count). The molecule has 0 N–H and O–H groups in total. The van der Waals surface area contributed by atoms with E-state index in [1.54, 1.807) is 7.11 Å². The molecule has 1 aromatic carbocycles. The number of methoxy groups -OCH3 is 1. The molecule has 1 nitrogen and oxygen atoms in total. The molecule has 2 atom stereocenters. The lowest BCUT2D eigenvalue weighted by Gasteiger charge is -2.15. The quantitative estimate of drug-likeness (QED) is 0.697. The molecule has 1 aliphatic rings. The minimum absolute atomic E-state index is 0.244. The molecule has 1 fully saturated rings. The standard InChI is InChI=1S/C12H15ClO/c1-12(7-9(12)8-13)10-5-3-4-6-11(10)14-2/h3-6,9H,7-8H2,1-2H3. The highest BCUT2D eigenvalue weighted by molar-refractivity contribution is 6.18. The number of rotatable bonds is 3. The van der Waals surface area contributed by atoms with E-state index in [0.29, 0.717) is 5.92 Å². The number of alkyl halides is 1. The maximum absolute atomic E-state index is 5.89. The molecule has 0 spiro atoms. The predicted molar refractivity (Wildman–Crippen MR) is 59.2 cm³/mol. The van der Waals surface area contributed by atoms with Crippen LogP contribution in [-0.2, 0) is 5.41 Å². The first kappa shape index (κ1) is 9.85. The smallest absolute Gasteiger partial charge is 0.122 e. The minimum Gasteiger partial charge on any atom is -0.496 e. The van der Waals surface area contributed by atoms with Crippen molar-refractivity contribution in [1.29, 1.82) is 0 Å². The molecular weight excluding hydrogens is 196 g/mol. The van der Waals surface area contributed by atoms with E-state index >= 15 is 0 Å².